The van der Waals surface area contributed by atoms with E-state index in [-0.39, 0.29) is 24.5 Å². The van der Waals surface area contributed by atoms with Crippen LogP contribution < -0.4 is 11.5 Å². The summed E-state index contributed by atoms with van der Waals surface area (Å²) in [5.41, 5.74) is 10.0. The normalized spacial score (nSPS) is 13.1. The Morgan fingerprint density at radius 3 is 2.20 bits per heavy atom. The molecule has 6 heteroatoms. The van der Waals surface area contributed by atoms with E-state index in [1.54, 1.807) is 0 Å². The Morgan fingerprint density at radius 2 is 1.73 bits per heavy atom. The number of benzene rings is 1. The molecule has 0 bridgehead atoms. The van der Waals surface area contributed by atoms with Gasteiger partial charge in [0, 0.05) is 12.6 Å². The van der Waals surface area contributed by atoms with Crippen LogP contribution in [0.3, 0.4) is 0 Å². The molecule has 0 fully saturated rings. The Hall–Kier alpha value is -0.780. The van der Waals surface area contributed by atoms with Gasteiger partial charge in [0.05, 0.1) is 5.56 Å². The highest BCUT2D eigenvalue weighted by atomic mass is 35.5. The standard InChI is InChI=1S/C9H11F3N2.ClH/c10-9(11,12)7-4-2-1-3-6(7)8(14)5-13;/h1-4,8H,5,13-14H2;1H/t8-;/m1./s1. The molecule has 4 N–H and O–H groups in total. The van der Waals surface area contributed by atoms with Crippen molar-refractivity contribution in [1.82, 2.24) is 0 Å². The summed E-state index contributed by atoms with van der Waals surface area (Å²) in [5, 5.41) is 0. The molecule has 86 valence electrons. The van der Waals surface area contributed by atoms with E-state index in [4.69, 9.17) is 11.5 Å². The summed E-state index contributed by atoms with van der Waals surface area (Å²) in [6, 6.07) is 4.42. The summed E-state index contributed by atoms with van der Waals surface area (Å²) in [4.78, 5) is 0. The Bertz CT molecular complexity index is 314. The molecule has 1 atom stereocenters. The minimum atomic E-state index is -4.37. The molecular weight excluding hydrogens is 229 g/mol. The van der Waals surface area contributed by atoms with E-state index in [2.05, 4.69) is 0 Å². The largest absolute Gasteiger partial charge is 0.416 e. The van der Waals surface area contributed by atoms with Gasteiger partial charge in [-0.25, -0.2) is 0 Å². The van der Waals surface area contributed by atoms with Crippen molar-refractivity contribution in [2.75, 3.05) is 6.54 Å². The highest BCUT2D eigenvalue weighted by Gasteiger charge is 2.33. The number of nitrogens with two attached hydrogens (primary N) is 2. The molecule has 0 saturated carbocycles. The van der Waals surface area contributed by atoms with Crippen LogP contribution in [-0.2, 0) is 6.18 Å². The molecule has 0 saturated heterocycles. The van der Waals surface area contributed by atoms with Crippen molar-refractivity contribution in [3.8, 4) is 0 Å². The lowest BCUT2D eigenvalue weighted by molar-refractivity contribution is -0.138. The van der Waals surface area contributed by atoms with Crippen molar-refractivity contribution < 1.29 is 13.2 Å². The molecule has 1 rings (SSSR count). The average Bonchev–Trinajstić information content (AvgIpc) is 2.15. The number of rotatable bonds is 2. The highest BCUT2D eigenvalue weighted by Crippen LogP contribution is 2.33. The first-order valence-electron chi connectivity index (χ1n) is 4.08. The van der Waals surface area contributed by atoms with Gasteiger partial charge in [0.15, 0.2) is 0 Å². The lowest BCUT2D eigenvalue weighted by atomic mass is 10.0. The third-order valence-electron chi connectivity index (χ3n) is 1.92. The van der Waals surface area contributed by atoms with Gasteiger partial charge in [-0.2, -0.15) is 13.2 Å². The van der Waals surface area contributed by atoms with E-state index < -0.39 is 17.8 Å². The molecule has 0 aliphatic rings. The maximum atomic E-state index is 12.4. The van der Waals surface area contributed by atoms with Crippen LogP contribution in [-0.4, -0.2) is 6.54 Å². The predicted molar refractivity (Wildman–Crippen MR) is 54.7 cm³/mol. The van der Waals surface area contributed by atoms with Crippen LogP contribution in [0.1, 0.15) is 17.2 Å². The molecule has 0 unspecified atom stereocenters. The fourth-order valence-electron chi connectivity index (χ4n) is 1.21. The smallest absolute Gasteiger partial charge is 0.329 e. The van der Waals surface area contributed by atoms with E-state index in [1.165, 1.54) is 18.2 Å². The van der Waals surface area contributed by atoms with Gasteiger partial charge in [0.2, 0.25) is 0 Å². The maximum Gasteiger partial charge on any atom is 0.416 e. The summed E-state index contributed by atoms with van der Waals surface area (Å²) in [6.45, 7) is -0.00685. The van der Waals surface area contributed by atoms with Gasteiger partial charge in [-0.05, 0) is 11.6 Å². The molecule has 0 amide bonds. The third kappa shape index (κ3) is 3.37. The van der Waals surface area contributed by atoms with Crippen molar-refractivity contribution in [3.05, 3.63) is 35.4 Å². The molecule has 0 aliphatic heterocycles. The topological polar surface area (TPSA) is 52.0 Å². The Balaban J connectivity index is 0.00000196. The summed E-state index contributed by atoms with van der Waals surface area (Å²) in [7, 11) is 0. The summed E-state index contributed by atoms with van der Waals surface area (Å²) in [6.07, 6.45) is -4.37. The van der Waals surface area contributed by atoms with Crippen LogP contribution in [0, 0.1) is 0 Å². The zero-order chi connectivity index (χ0) is 10.8. The van der Waals surface area contributed by atoms with Crippen LogP contribution >= 0.6 is 12.4 Å². The fourth-order valence-corrected chi connectivity index (χ4v) is 1.21. The molecule has 0 aliphatic carbocycles. The van der Waals surface area contributed by atoms with Crippen molar-refractivity contribution in [2.45, 2.75) is 12.2 Å². The minimum Gasteiger partial charge on any atom is -0.329 e. The Morgan fingerprint density at radius 1 is 1.20 bits per heavy atom. The minimum absolute atomic E-state index is 0. The van der Waals surface area contributed by atoms with Crippen LogP contribution in [0.5, 0.6) is 0 Å². The van der Waals surface area contributed by atoms with Crippen LogP contribution in [0.2, 0.25) is 0 Å². The monoisotopic (exact) mass is 240 g/mol. The molecule has 0 aromatic heterocycles. The van der Waals surface area contributed by atoms with Gasteiger partial charge in [0.1, 0.15) is 0 Å². The average molecular weight is 241 g/mol. The van der Waals surface area contributed by atoms with E-state index >= 15 is 0 Å². The van der Waals surface area contributed by atoms with E-state index in [9.17, 15) is 13.2 Å². The predicted octanol–water partition coefficient (Wildman–Crippen LogP) is 2.09. The lowest BCUT2D eigenvalue weighted by Gasteiger charge is -2.16. The Kier molecular flexibility index (Phi) is 5.07. The maximum absolute atomic E-state index is 12.4. The van der Waals surface area contributed by atoms with E-state index in [1.807, 2.05) is 0 Å². The molecule has 0 spiro atoms. The van der Waals surface area contributed by atoms with Crippen molar-refractivity contribution >= 4 is 12.4 Å². The van der Waals surface area contributed by atoms with Gasteiger partial charge in [-0.1, -0.05) is 18.2 Å². The first kappa shape index (κ1) is 14.2. The lowest BCUT2D eigenvalue weighted by Crippen LogP contribution is -2.24. The van der Waals surface area contributed by atoms with Crippen LogP contribution in [0.15, 0.2) is 24.3 Å². The molecule has 1 aromatic carbocycles. The SMILES string of the molecule is Cl.NC[C@@H](N)c1ccccc1C(F)(F)F. The number of hydrogen-bond acceptors (Lipinski definition) is 2. The molecule has 0 radical (unpaired) electrons. The zero-order valence-corrected chi connectivity index (χ0v) is 8.61. The van der Waals surface area contributed by atoms with Gasteiger partial charge < -0.3 is 11.5 Å². The van der Waals surface area contributed by atoms with Crippen molar-refractivity contribution in [3.63, 3.8) is 0 Å². The highest BCUT2D eigenvalue weighted by molar-refractivity contribution is 5.85. The third-order valence-corrected chi connectivity index (χ3v) is 1.92. The quantitative estimate of drug-likeness (QED) is 0.832. The van der Waals surface area contributed by atoms with E-state index in [0.717, 1.165) is 6.07 Å². The van der Waals surface area contributed by atoms with Gasteiger partial charge in [-0.15, -0.1) is 12.4 Å². The zero-order valence-electron chi connectivity index (χ0n) is 7.79. The summed E-state index contributed by atoms with van der Waals surface area (Å²) >= 11 is 0. The number of halogens is 4. The summed E-state index contributed by atoms with van der Waals surface area (Å²) < 4.78 is 37.3. The number of hydrogen-bond donors (Lipinski definition) is 2. The van der Waals surface area contributed by atoms with Crippen molar-refractivity contribution in [2.24, 2.45) is 11.5 Å². The summed E-state index contributed by atoms with van der Waals surface area (Å²) in [5.74, 6) is 0. The molecular formula is C9H12ClF3N2. The Labute approximate surface area is 91.9 Å². The first-order valence-corrected chi connectivity index (χ1v) is 4.08. The molecule has 1 aromatic rings. The molecule has 15 heavy (non-hydrogen) atoms. The van der Waals surface area contributed by atoms with Gasteiger partial charge >= 0.3 is 6.18 Å². The fraction of sp³-hybridized carbons (Fsp3) is 0.333. The molecule has 0 heterocycles. The second kappa shape index (κ2) is 5.34. The van der Waals surface area contributed by atoms with Crippen LogP contribution in [0.25, 0.3) is 0 Å². The van der Waals surface area contributed by atoms with Gasteiger partial charge in [0.25, 0.3) is 0 Å². The second-order valence-corrected chi connectivity index (χ2v) is 2.93. The van der Waals surface area contributed by atoms with Crippen molar-refractivity contribution in [1.29, 1.82) is 0 Å². The van der Waals surface area contributed by atoms with E-state index in [0.29, 0.717) is 0 Å². The molecule has 2 nitrogen and oxygen atoms in total. The van der Waals surface area contributed by atoms with Crippen LogP contribution in [0.4, 0.5) is 13.2 Å². The second-order valence-electron chi connectivity index (χ2n) is 2.93. The first-order chi connectivity index (χ1) is 6.46. The number of alkyl halides is 3. The van der Waals surface area contributed by atoms with Gasteiger partial charge in [-0.3, -0.25) is 0 Å².